The molecule has 36 heavy (non-hydrogen) atoms. The van der Waals surface area contributed by atoms with Crippen LogP contribution in [0.2, 0.25) is 5.02 Å². The molecule has 2 fully saturated rings. The van der Waals surface area contributed by atoms with Crippen molar-refractivity contribution in [1.82, 2.24) is 24.4 Å². The smallest absolute Gasteiger partial charge is 0.416 e. The summed E-state index contributed by atoms with van der Waals surface area (Å²) in [5.74, 6) is 0.734. The van der Waals surface area contributed by atoms with Gasteiger partial charge < -0.3 is 20.6 Å². The molecule has 1 aromatic carbocycles. The standard InChI is InChI=1S/C23H25ClF3N7O2/c1-22(5-2-6-22)32-19-28-12-17-18(31-19)34(16-3-7-33(8-4-16)21(35)36)20(30-17)29-15-10-13(23(25,26)27)9-14(24)11-15/h9-12,16H,2-8H2,1H3,(H,29,30)(H,35,36)(H,28,31,32). The number of amides is 1. The van der Waals surface area contributed by atoms with Crippen LogP contribution in [0, 0.1) is 0 Å². The minimum absolute atomic E-state index is 0.0650. The Morgan fingerprint density at radius 3 is 2.53 bits per heavy atom. The van der Waals surface area contributed by atoms with Gasteiger partial charge in [-0.2, -0.15) is 18.2 Å². The molecule has 0 spiro atoms. The number of nitrogens with one attached hydrogen (secondary N) is 2. The summed E-state index contributed by atoms with van der Waals surface area (Å²) in [4.78, 5) is 26.4. The molecule has 1 amide bonds. The highest BCUT2D eigenvalue weighted by atomic mass is 35.5. The molecule has 9 nitrogen and oxygen atoms in total. The lowest BCUT2D eigenvalue weighted by molar-refractivity contribution is -0.137. The Balaban J connectivity index is 1.54. The molecular formula is C23H25ClF3N7O2. The first-order valence-corrected chi connectivity index (χ1v) is 12.0. The molecule has 1 saturated carbocycles. The van der Waals surface area contributed by atoms with E-state index < -0.39 is 17.8 Å². The molecule has 5 rings (SSSR count). The van der Waals surface area contributed by atoms with Gasteiger partial charge in [-0.1, -0.05) is 11.6 Å². The summed E-state index contributed by atoms with van der Waals surface area (Å²) >= 11 is 5.98. The number of fused-ring (bicyclic) bond motifs is 1. The summed E-state index contributed by atoms with van der Waals surface area (Å²) in [7, 11) is 0. The highest BCUT2D eigenvalue weighted by Gasteiger charge is 2.34. The number of anilines is 3. The fraction of sp³-hybridized carbons (Fsp3) is 0.478. The lowest BCUT2D eigenvalue weighted by Crippen LogP contribution is -2.42. The zero-order valence-electron chi connectivity index (χ0n) is 19.4. The van der Waals surface area contributed by atoms with Gasteiger partial charge in [0.25, 0.3) is 0 Å². The Bertz CT molecular complexity index is 1300. The second kappa shape index (κ2) is 8.99. The van der Waals surface area contributed by atoms with Crippen LogP contribution < -0.4 is 10.6 Å². The quantitative estimate of drug-likeness (QED) is 0.381. The molecule has 1 aliphatic carbocycles. The highest BCUT2D eigenvalue weighted by molar-refractivity contribution is 6.31. The number of carbonyl (C=O) groups is 1. The van der Waals surface area contributed by atoms with Gasteiger partial charge in [-0.15, -0.1) is 0 Å². The van der Waals surface area contributed by atoms with Crippen LogP contribution in [0.4, 0.5) is 35.5 Å². The normalized spacial score (nSPS) is 18.2. The van der Waals surface area contributed by atoms with E-state index >= 15 is 0 Å². The second-order valence-electron chi connectivity index (χ2n) is 9.60. The Morgan fingerprint density at radius 2 is 1.92 bits per heavy atom. The molecule has 2 aromatic heterocycles. The second-order valence-corrected chi connectivity index (χ2v) is 10.0. The van der Waals surface area contributed by atoms with Crippen molar-refractivity contribution in [2.75, 3.05) is 23.7 Å². The fourth-order valence-electron chi connectivity index (χ4n) is 4.76. The number of benzene rings is 1. The van der Waals surface area contributed by atoms with Crippen LogP contribution in [0.5, 0.6) is 0 Å². The SMILES string of the molecule is CC1(Nc2ncc3nc(Nc4cc(Cl)cc(C(F)(F)F)c4)n(C4CCN(C(=O)O)CC4)c3n2)CCC1. The van der Waals surface area contributed by atoms with Crippen molar-refractivity contribution >= 4 is 46.4 Å². The van der Waals surface area contributed by atoms with Crippen molar-refractivity contribution in [1.29, 1.82) is 0 Å². The molecule has 0 radical (unpaired) electrons. The molecule has 3 N–H and O–H groups in total. The van der Waals surface area contributed by atoms with Crippen molar-refractivity contribution in [3.05, 3.63) is 35.0 Å². The van der Waals surface area contributed by atoms with E-state index in [2.05, 4.69) is 27.5 Å². The third kappa shape index (κ3) is 4.86. The van der Waals surface area contributed by atoms with E-state index in [1.165, 1.54) is 11.0 Å². The molecular weight excluding hydrogens is 499 g/mol. The fourth-order valence-corrected chi connectivity index (χ4v) is 4.99. The first-order chi connectivity index (χ1) is 17.0. The van der Waals surface area contributed by atoms with Crippen LogP contribution in [0.15, 0.2) is 24.4 Å². The number of halogens is 4. The number of likely N-dealkylation sites (tertiary alicyclic amines) is 1. The maximum atomic E-state index is 13.4. The molecule has 1 aliphatic heterocycles. The number of nitrogens with zero attached hydrogens (tertiary/aromatic N) is 5. The summed E-state index contributed by atoms with van der Waals surface area (Å²) in [6, 6.07) is 3.06. The predicted molar refractivity (Wildman–Crippen MR) is 129 cm³/mol. The molecule has 0 bridgehead atoms. The maximum Gasteiger partial charge on any atom is 0.416 e. The van der Waals surface area contributed by atoms with Gasteiger partial charge in [-0.25, -0.2) is 14.8 Å². The summed E-state index contributed by atoms with van der Waals surface area (Å²) in [6.07, 6.45) is 0.173. The van der Waals surface area contributed by atoms with E-state index in [1.807, 2.05) is 4.57 Å². The first kappa shape index (κ1) is 24.4. The van der Waals surface area contributed by atoms with E-state index in [9.17, 15) is 23.1 Å². The van der Waals surface area contributed by atoms with Crippen LogP contribution in [0.1, 0.15) is 50.6 Å². The van der Waals surface area contributed by atoms with Gasteiger partial charge in [-0.05, 0) is 57.2 Å². The number of rotatable bonds is 5. The number of piperidine rings is 1. The molecule has 2 aliphatic rings. The Hall–Kier alpha value is -3.28. The predicted octanol–water partition coefficient (Wildman–Crippen LogP) is 5.91. The number of imidazole rings is 1. The molecule has 1 saturated heterocycles. The van der Waals surface area contributed by atoms with Gasteiger partial charge >= 0.3 is 12.3 Å². The molecule has 0 atom stereocenters. The van der Waals surface area contributed by atoms with Crippen LogP contribution in [0.3, 0.4) is 0 Å². The number of alkyl halides is 3. The van der Waals surface area contributed by atoms with E-state index in [0.717, 1.165) is 31.4 Å². The van der Waals surface area contributed by atoms with Gasteiger partial charge in [0.05, 0.1) is 11.8 Å². The zero-order chi connectivity index (χ0) is 25.7. The third-order valence-corrected chi connectivity index (χ3v) is 7.10. The van der Waals surface area contributed by atoms with Crippen LogP contribution in [0.25, 0.3) is 11.2 Å². The van der Waals surface area contributed by atoms with Crippen LogP contribution >= 0.6 is 11.6 Å². The Morgan fingerprint density at radius 1 is 1.19 bits per heavy atom. The number of hydrogen-bond acceptors (Lipinski definition) is 6. The summed E-state index contributed by atoms with van der Waals surface area (Å²) in [5.41, 5.74) is 0.157. The topological polar surface area (TPSA) is 108 Å². The average molecular weight is 524 g/mol. The van der Waals surface area contributed by atoms with Crippen molar-refractivity contribution in [2.24, 2.45) is 0 Å². The van der Waals surface area contributed by atoms with Gasteiger partial charge in [0.15, 0.2) is 5.65 Å². The minimum Gasteiger partial charge on any atom is -0.465 e. The van der Waals surface area contributed by atoms with Crippen molar-refractivity contribution in [3.8, 4) is 0 Å². The summed E-state index contributed by atoms with van der Waals surface area (Å²) in [5, 5.41) is 15.6. The minimum atomic E-state index is -4.56. The summed E-state index contributed by atoms with van der Waals surface area (Å²) < 4.78 is 41.9. The molecule has 3 heterocycles. The lowest BCUT2D eigenvalue weighted by Gasteiger charge is -2.39. The van der Waals surface area contributed by atoms with E-state index in [-0.39, 0.29) is 28.2 Å². The van der Waals surface area contributed by atoms with Crippen LogP contribution in [-0.4, -0.2) is 54.2 Å². The molecule has 3 aromatic rings. The first-order valence-electron chi connectivity index (χ1n) is 11.7. The largest absolute Gasteiger partial charge is 0.465 e. The van der Waals surface area contributed by atoms with Crippen molar-refractivity contribution in [3.63, 3.8) is 0 Å². The zero-order valence-corrected chi connectivity index (χ0v) is 20.2. The molecule has 13 heteroatoms. The van der Waals surface area contributed by atoms with Crippen molar-refractivity contribution < 1.29 is 23.1 Å². The number of aromatic nitrogens is 4. The van der Waals surface area contributed by atoms with E-state index in [1.54, 1.807) is 6.20 Å². The Labute approximate surface area is 209 Å². The monoisotopic (exact) mass is 523 g/mol. The lowest BCUT2D eigenvalue weighted by atomic mass is 9.79. The third-order valence-electron chi connectivity index (χ3n) is 6.88. The number of carboxylic acid groups (broad SMARTS) is 1. The van der Waals surface area contributed by atoms with Gasteiger partial charge in [0, 0.05) is 35.4 Å². The van der Waals surface area contributed by atoms with E-state index in [0.29, 0.717) is 43.0 Å². The van der Waals surface area contributed by atoms with Gasteiger partial charge in [-0.3, -0.25) is 4.57 Å². The number of hydrogen-bond donors (Lipinski definition) is 3. The van der Waals surface area contributed by atoms with E-state index in [4.69, 9.17) is 16.6 Å². The van der Waals surface area contributed by atoms with Crippen molar-refractivity contribution in [2.45, 2.75) is 56.8 Å². The average Bonchev–Trinajstić information content (AvgIpc) is 3.14. The van der Waals surface area contributed by atoms with Gasteiger partial charge in [0.1, 0.15) is 5.52 Å². The van der Waals surface area contributed by atoms with Crippen LogP contribution in [-0.2, 0) is 6.18 Å². The molecule has 192 valence electrons. The molecule has 0 unspecified atom stereocenters. The maximum absolute atomic E-state index is 13.4. The Kier molecular flexibility index (Phi) is 6.09. The van der Waals surface area contributed by atoms with Gasteiger partial charge in [0.2, 0.25) is 11.9 Å². The summed E-state index contributed by atoms with van der Waals surface area (Å²) in [6.45, 7) is 2.75. The highest BCUT2D eigenvalue weighted by Crippen LogP contribution is 2.37.